The topological polar surface area (TPSA) is 61.4 Å². The fraction of sp³-hybridized carbons (Fsp3) is 0.364. The third kappa shape index (κ3) is 6.88. The van der Waals surface area contributed by atoms with Gasteiger partial charge in [0.1, 0.15) is 0 Å². The minimum atomic E-state index is -4.44. The van der Waals surface area contributed by atoms with Gasteiger partial charge in [0.05, 0.1) is 5.56 Å². The van der Waals surface area contributed by atoms with Gasteiger partial charge in [0.25, 0.3) is 11.8 Å². The van der Waals surface area contributed by atoms with Crippen LogP contribution in [0.5, 0.6) is 0 Å². The van der Waals surface area contributed by atoms with Crippen LogP contribution in [-0.2, 0) is 12.7 Å². The summed E-state index contributed by atoms with van der Waals surface area (Å²) < 4.78 is 37.7. The molecule has 0 saturated heterocycles. The van der Waals surface area contributed by atoms with Gasteiger partial charge in [0.15, 0.2) is 0 Å². The highest BCUT2D eigenvalue weighted by atomic mass is 19.4. The van der Waals surface area contributed by atoms with E-state index in [0.29, 0.717) is 5.56 Å². The minimum absolute atomic E-state index is 0.123. The Morgan fingerprint density at radius 3 is 1.63 bits per heavy atom. The van der Waals surface area contributed by atoms with E-state index in [4.69, 9.17) is 0 Å². The Bertz CT molecular complexity index is 830. The van der Waals surface area contributed by atoms with Gasteiger partial charge in [-0.1, -0.05) is 26.0 Å². The van der Waals surface area contributed by atoms with Crippen molar-refractivity contribution in [3.8, 4) is 0 Å². The Hall–Kier alpha value is -2.87. The van der Waals surface area contributed by atoms with Gasteiger partial charge < -0.3 is 10.6 Å². The third-order valence-corrected chi connectivity index (χ3v) is 4.69. The number of benzene rings is 2. The number of alkyl halides is 3. The van der Waals surface area contributed by atoms with Crippen LogP contribution in [0.3, 0.4) is 0 Å². The normalized spacial score (nSPS) is 11.4. The van der Waals surface area contributed by atoms with Crippen LogP contribution >= 0.6 is 0 Å². The molecule has 8 heteroatoms. The summed E-state index contributed by atoms with van der Waals surface area (Å²) in [5.74, 6) is -0.758. The zero-order valence-corrected chi connectivity index (χ0v) is 17.1. The van der Waals surface area contributed by atoms with Crippen LogP contribution in [0.25, 0.3) is 0 Å². The number of amides is 2. The van der Waals surface area contributed by atoms with E-state index in [2.05, 4.69) is 29.4 Å². The van der Waals surface area contributed by atoms with E-state index in [9.17, 15) is 22.8 Å². The fourth-order valence-electron chi connectivity index (χ4n) is 2.83. The lowest BCUT2D eigenvalue weighted by atomic mass is 10.1. The average Bonchev–Trinajstić information content (AvgIpc) is 2.74. The molecule has 0 fully saturated rings. The van der Waals surface area contributed by atoms with Crippen LogP contribution in [0.15, 0.2) is 48.5 Å². The van der Waals surface area contributed by atoms with E-state index in [1.54, 1.807) is 12.1 Å². The fourth-order valence-corrected chi connectivity index (χ4v) is 2.83. The van der Waals surface area contributed by atoms with Gasteiger partial charge in [-0.3, -0.25) is 14.5 Å². The molecule has 0 aliphatic heterocycles. The lowest BCUT2D eigenvalue weighted by Gasteiger charge is -2.18. The van der Waals surface area contributed by atoms with E-state index in [0.717, 1.165) is 49.5 Å². The molecule has 0 aliphatic rings. The minimum Gasteiger partial charge on any atom is -0.350 e. The Labute approximate surface area is 174 Å². The average molecular weight is 421 g/mol. The van der Waals surface area contributed by atoms with Crippen molar-refractivity contribution < 1.29 is 22.8 Å². The van der Waals surface area contributed by atoms with Crippen molar-refractivity contribution in [2.75, 3.05) is 26.2 Å². The molecule has 2 aromatic rings. The molecule has 0 unspecified atom stereocenters. The van der Waals surface area contributed by atoms with Crippen LogP contribution in [-0.4, -0.2) is 42.9 Å². The molecule has 2 amide bonds. The second-order valence-corrected chi connectivity index (χ2v) is 6.75. The molecule has 0 saturated carbocycles. The predicted octanol–water partition coefficient (Wildman–Crippen LogP) is 3.71. The van der Waals surface area contributed by atoms with Crippen molar-refractivity contribution in [2.45, 2.75) is 26.6 Å². The first-order chi connectivity index (χ1) is 14.2. The Kier molecular flexibility index (Phi) is 8.41. The van der Waals surface area contributed by atoms with Crippen molar-refractivity contribution in [3.63, 3.8) is 0 Å². The Balaban J connectivity index is 1.77. The van der Waals surface area contributed by atoms with E-state index in [-0.39, 0.29) is 24.6 Å². The molecule has 162 valence electrons. The molecule has 2 aromatic carbocycles. The molecule has 0 bridgehead atoms. The maximum atomic E-state index is 12.6. The Morgan fingerprint density at radius 1 is 0.800 bits per heavy atom. The summed E-state index contributed by atoms with van der Waals surface area (Å²) in [4.78, 5) is 26.5. The summed E-state index contributed by atoms with van der Waals surface area (Å²) in [6.45, 7) is 7.29. The van der Waals surface area contributed by atoms with Crippen molar-refractivity contribution >= 4 is 11.8 Å². The van der Waals surface area contributed by atoms with Crippen LogP contribution in [0.1, 0.15) is 45.7 Å². The van der Waals surface area contributed by atoms with E-state index in [1.165, 1.54) is 0 Å². The second kappa shape index (κ2) is 10.8. The van der Waals surface area contributed by atoms with E-state index < -0.39 is 17.6 Å². The van der Waals surface area contributed by atoms with Crippen molar-refractivity contribution in [3.05, 3.63) is 70.8 Å². The molecule has 0 heterocycles. The molecule has 30 heavy (non-hydrogen) atoms. The lowest BCUT2D eigenvalue weighted by molar-refractivity contribution is -0.137. The zero-order chi connectivity index (χ0) is 22.1. The standard InChI is InChI=1S/C22H26F3N3O2/c1-3-28(4-2)15-16-5-7-17(8-6-16)20(29)26-13-14-27-21(30)18-9-11-19(12-10-18)22(23,24)25/h5-12H,3-4,13-15H2,1-2H3,(H,26,29)(H,27,30). The van der Waals surface area contributed by atoms with Crippen LogP contribution in [0.2, 0.25) is 0 Å². The number of carbonyl (C=O) groups excluding carboxylic acids is 2. The maximum Gasteiger partial charge on any atom is 0.416 e. The number of hydrogen-bond acceptors (Lipinski definition) is 3. The van der Waals surface area contributed by atoms with E-state index >= 15 is 0 Å². The van der Waals surface area contributed by atoms with Crippen molar-refractivity contribution in [2.24, 2.45) is 0 Å². The quantitative estimate of drug-likeness (QED) is 0.607. The third-order valence-electron chi connectivity index (χ3n) is 4.69. The first kappa shape index (κ1) is 23.4. The van der Waals surface area contributed by atoms with Crippen molar-refractivity contribution in [1.82, 2.24) is 15.5 Å². The van der Waals surface area contributed by atoms with E-state index in [1.807, 2.05) is 12.1 Å². The van der Waals surface area contributed by atoms with Gasteiger partial charge >= 0.3 is 6.18 Å². The van der Waals surface area contributed by atoms with Crippen LogP contribution in [0, 0.1) is 0 Å². The first-order valence-electron chi connectivity index (χ1n) is 9.79. The summed E-state index contributed by atoms with van der Waals surface area (Å²) in [5, 5.41) is 5.27. The molecule has 0 aromatic heterocycles. The van der Waals surface area contributed by atoms with Crippen LogP contribution in [0.4, 0.5) is 13.2 Å². The summed E-state index contributed by atoms with van der Waals surface area (Å²) >= 11 is 0. The number of nitrogens with one attached hydrogen (secondary N) is 2. The summed E-state index contributed by atoms with van der Waals surface area (Å²) in [7, 11) is 0. The SMILES string of the molecule is CCN(CC)Cc1ccc(C(=O)NCCNC(=O)c2ccc(C(F)(F)F)cc2)cc1. The number of rotatable bonds is 9. The highest BCUT2D eigenvalue weighted by molar-refractivity contribution is 5.95. The molecule has 0 aliphatic carbocycles. The summed E-state index contributed by atoms with van der Waals surface area (Å²) in [6, 6.07) is 11.3. The molecule has 0 spiro atoms. The summed E-state index contributed by atoms with van der Waals surface area (Å²) in [6.07, 6.45) is -4.44. The molecule has 0 radical (unpaired) electrons. The number of carbonyl (C=O) groups is 2. The first-order valence-corrected chi connectivity index (χ1v) is 9.79. The number of nitrogens with zero attached hydrogens (tertiary/aromatic N) is 1. The van der Waals surface area contributed by atoms with Gasteiger partial charge in [-0.05, 0) is 55.1 Å². The maximum absolute atomic E-state index is 12.6. The Morgan fingerprint density at radius 2 is 1.23 bits per heavy atom. The smallest absolute Gasteiger partial charge is 0.350 e. The zero-order valence-electron chi connectivity index (χ0n) is 17.1. The van der Waals surface area contributed by atoms with Crippen LogP contribution < -0.4 is 10.6 Å². The second-order valence-electron chi connectivity index (χ2n) is 6.75. The van der Waals surface area contributed by atoms with Gasteiger partial charge in [-0.2, -0.15) is 13.2 Å². The molecular formula is C22H26F3N3O2. The predicted molar refractivity (Wildman–Crippen MR) is 109 cm³/mol. The van der Waals surface area contributed by atoms with Gasteiger partial charge in [-0.25, -0.2) is 0 Å². The van der Waals surface area contributed by atoms with Gasteiger partial charge in [0.2, 0.25) is 0 Å². The molecule has 0 atom stereocenters. The molecule has 5 nitrogen and oxygen atoms in total. The summed E-state index contributed by atoms with van der Waals surface area (Å²) in [5.41, 5.74) is 0.957. The molecule has 2 rings (SSSR count). The monoisotopic (exact) mass is 421 g/mol. The largest absolute Gasteiger partial charge is 0.416 e. The molecular weight excluding hydrogens is 395 g/mol. The number of hydrogen-bond donors (Lipinski definition) is 2. The van der Waals surface area contributed by atoms with Gasteiger partial charge in [-0.15, -0.1) is 0 Å². The highest BCUT2D eigenvalue weighted by Crippen LogP contribution is 2.29. The van der Waals surface area contributed by atoms with Crippen molar-refractivity contribution in [1.29, 1.82) is 0 Å². The molecule has 2 N–H and O–H groups in total. The number of halogens is 3. The lowest BCUT2D eigenvalue weighted by Crippen LogP contribution is -2.34. The highest BCUT2D eigenvalue weighted by Gasteiger charge is 2.30. The van der Waals surface area contributed by atoms with Gasteiger partial charge in [0, 0.05) is 30.8 Å².